The first-order valence-electron chi connectivity index (χ1n) is 10.5. The number of aliphatic imine (C=N–C) groups is 1. The number of nitrogens with one attached hydrogen (secondary N) is 2. The third-order valence-corrected chi connectivity index (χ3v) is 5.68. The van der Waals surface area contributed by atoms with Crippen molar-refractivity contribution in [2.24, 2.45) is 4.99 Å². The number of amides is 1. The second kappa shape index (κ2) is 8.37. The molecule has 2 aliphatic heterocycles. The molecule has 0 spiro atoms. The minimum Gasteiger partial charge on any atom is -0.420 e. The van der Waals surface area contributed by atoms with Gasteiger partial charge >= 0.3 is 5.57 Å². The van der Waals surface area contributed by atoms with Crippen molar-refractivity contribution in [1.82, 2.24) is 14.9 Å². The normalized spacial score (nSPS) is 19.5. The Balaban J connectivity index is 1.52. The van der Waals surface area contributed by atoms with Crippen molar-refractivity contribution in [2.75, 3.05) is 11.9 Å². The highest BCUT2D eigenvalue weighted by molar-refractivity contribution is 6.20. The van der Waals surface area contributed by atoms with Crippen LogP contribution in [0.15, 0.2) is 47.6 Å². The first kappa shape index (κ1) is 22.3. The summed E-state index contributed by atoms with van der Waals surface area (Å²) in [6, 6.07) is 9.00. The lowest BCUT2D eigenvalue weighted by Crippen LogP contribution is -2.27. The number of alkyl halides is 3. The second-order valence-electron chi connectivity index (χ2n) is 8.03. The lowest BCUT2D eigenvalue weighted by atomic mass is 9.98. The summed E-state index contributed by atoms with van der Waals surface area (Å²) in [5.74, 6) is 0.291. The van der Waals surface area contributed by atoms with Crippen molar-refractivity contribution in [3.63, 3.8) is 0 Å². The van der Waals surface area contributed by atoms with Gasteiger partial charge in [0.05, 0.1) is 30.0 Å². The van der Waals surface area contributed by atoms with Gasteiger partial charge in [0, 0.05) is 40.2 Å². The fraction of sp³-hybridized carbons (Fsp3) is 0.261. The summed E-state index contributed by atoms with van der Waals surface area (Å²) in [6.07, 6.45) is 2.88. The molecule has 1 aromatic heterocycles. The third-order valence-electron chi connectivity index (χ3n) is 5.61. The SMILES string of the molecule is Cc1nc2cc(C(=O)Nc3ccc(OC(F)(F)Cl)cc3)cc3c2n1[C@H](C)COC1N=CNC=C31. The number of nitrogens with zero attached hydrogens (tertiary/aromatic N) is 3. The van der Waals surface area contributed by atoms with E-state index in [2.05, 4.69) is 24.9 Å². The van der Waals surface area contributed by atoms with E-state index in [0.29, 0.717) is 23.4 Å². The molecule has 3 aromatic rings. The van der Waals surface area contributed by atoms with Crippen molar-refractivity contribution < 1.29 is 23.0 Å². The van der Waals surface area contributed by atoms with Gasteiger partial charge in [-0.25, -0.2) is 9.98 Å². The van der Waals surface area contributed by atoms with Crippen molar-refractivity contribution >= 4 is 46.1 Å². The third kappa shape index (κ3) is 4.22. The van der Waals surface area contributed by atoms with Gasteiger partial charge in [0.1, 0.15) is 11.6 Å². The van der Waals surface area contributed by atoms with Crippen LogP contribution in [0.3, 0.4) is 0 Å². The lowest BCUT2D eigenvalue weighted by molar-refractivity contribution is -0.0964. The van der Waals surface area contributed by atoms with Gasteiger partial charge in [-0.3, -0.25) is 4.79 Å². The summed E-state index contributed by atoms with van der Waals surface area (Å²) in [6.45, 7) is 4.42. The number of rotatable bonds is 4. The van der Waals surface area contributed by atoms with Crippen LogP contribution < -0.4 is 15.4 Å². The molecule has 2 aromatic carbocycles. The summed E-state index contributed by atoms with van der Waals surface area (Å²) in [7, 11) is 0. The van der Waals surface area contributed by atoms with Crippen LogP contribution in [-0.4, -0.2) is 40.2 Å². The Morgan fingerprint density at radius 3 is 2.82 bits per heavy atom. The Labute approximate surface area is 198 Å². The predicted molar refractivity (Wildman–Crippen MR) is 124 cm³/mol. The summed E-state index contributed by atoms with van der Waals surface area (Å²) in [5, 5.41) is 5.76. The Morgan fingerprint density at radius 1 is 1.32 bits per heavy atom. The largest absolute Gasteiger partial charge is 0.487 e. The summed E-state index contributed by atoms with van der Waals surface area (Å²) >= 11 is 4.79. The highest BCUT2D eigenvalue weighted by Crippen LogP contribution is 2.36. The van der Waals surface area contributed by atoms with Crippen molar-refractivity contribution in [3.05, 3.63) is 59.5 Å². The molecule has 2 atom stereocenters. The number of imidazole rings is 1. The molecule has 0 fully saturated rings. The number of aromatic nitrogens is 2. The van der Waals surface area contributed by atoms with E-state index in [-0.39, 0.29) is 17.7 Å². The van der Waals surface area contributed by atoms with Gasteiger partial charge in [0.15, 0.2) is 6.23 Å². The summed E-state index contributed by atoms with van der Waals surface area (Å²) in [4.78, 5) is 22.2. The zero-order valence-electron chi connectivity index (χ0n) is 18.2. The molecular formula is C23H20ClF2N5O3. The molecule has 176 valence electrons. The van der Waals surface area contributed by atoms with Gasteiger partial charge in [-0.2, -0.15) is 0 Å². The zero-order chi connectivity index (χ0) is 24.0. The smallest absolute Gasteiger partial charge is 0.420 e. The average Bonchev–Trinajstić information content (AvgIpc) is 3.12. The highest BCUT2D eigenvalue weighted by Gasteiger charge is 2.29. The van der Waals surface area contributed by atoms with Gasteiger partial charge in [0.25, 0.3) is 5.91 Å². The number of fused-ring (bicyclic) bond motifs is 2. The van der Waals surface area contributed by atoms with Crippen LogP contribution in [0, 0.1) is 6.92 Å². The van der Waals surface area contributed by atoms with Gasteiger partial charge < -0.3 is 24.7 Å². The van der Waals surface area contributed by atoms with E-state index in [4.69, 9.17) is 21.3 Å². The maximum absolute atomic E-state index is 13.1. The fourth-order valence-corrected chi connectivity index (χ4v) is 4.31. The van der Waals surface area contributed by atoms with E-state index in [9.17, 15) is 13.6 Å². The molecule has 1 unspecified atom stereocenters. The van der Waals surface area contributed by atoms with E-state index in [1.807, 2.05) is 20.0 Å². The van der Waals surface area contributed by atoms with Crippen LogP contribution in [0.2, 0.25) is 0 Å². The maximum Gasteiger partial charge on any atom is 0.487 e. The van der Waals surface area contributed by atoms with Gasteiger partial charge in [0.2, 0.25) is 0 Å². The number of anilines is 1. The monoisotopic (exact) mass is 487 g/mol. The van der Waals surface area contributed by atoms with Crippen LogP contribution in [-0.2, 0) is 4.74 Å². The molecule has 34 heavy (non-hydrogen) atoms. The van der Waals surface area contributed by atoms with Gasteiger partial charge in [-0.05, 0) is 50.2 Å². The topological polar surface area (TPSA) is 89.8 Å². The minimum absolute atomic E-state index is 0.0242. The molecular weight excluding hydrogens is 468 g/mol. The molecule has 3 heterocycles. The van der Waals surface area contributed by atoms with Gasteiger partial charge in [-0.15, -0.1) is 8.78 Å². The molecule has 0 saturated heterocycles. The number of carbonyl (C=O) groups is 1. The Hall–Kier alpha value is -3.50. The molecule has 2 N–H and O–H groups in total. The molecule has 8 nitrogen and oxygen atoms in total. The van der Waals surface area contributed by atoms with Crippen LogP contribution in [0.5, 0.6) is 5.75 Å². The standard InChI is InChI=1S/C23H20ClF2N5O3/c1-12-10-33-22-18(9-27-11-28-22)17-7-14(8-19-20(17)31(12)13(2)29-19)21(32)30-15-3-5-16(6-4-15)34-23(24,25)26/h3-9,11-12,22H,10H2,1-2H3,(H,27,28)(H,30,32)/t12-,22?/m1/s1. The van der Waals surface area contributed by atoms with Crippen molar-refractivity contribution in [3.8, 4) is 5.75 Å². The van der Waals surface area contributed by atoms with E-state index in [0.717, 1.165) is 22.5 Å². The molecule has 0 aliphatic carbocycles. The first-order chi connectivity index (χ1) is 16.2. The van der Waals surface area contributed by atoms with Crippen LogP contribution in [0.1, 0.15) is 34.7 Å². The van der Waals surface area contributed by atoms with E-state index in [1.54, 1.807) is 18.5 Å². The van der Waals surface area contributed by atoms with Crippen LogP contribution in [0.25, 0.3) is 16.6 Å². The van der Waals surface area contributed by atoms with E-state index < -0.39 is 11.8 Å². The number of hydrogen-bond donors (Lipinski definition) is 2. The zero-order valence-corrected chi connectivity index (χ0v) is 18.9. The molecule has 11 heteroatoms. The van der Waals surface area contributed by atoms with Crippen molar-refractivity contribution in [2.45, 2.75) is 31.7 Å². The number of ether oxygens (including phenoxy) is 2. The predicted octanol–water partition coefficient (Wildman–Crippen LogP) is 4.65. The van der Waals surface area contributed by atoms with Crippen molar-refractivity contribution in [1.29, 1.82) is 0 Å². The number of halogens is 3. The Kier molecular flexibility index (Phi) is 5.49. The number of aryl methyl sites for hydroxylation is 1. The molecule has 1 amide bonds. The molecule has 0 saturated carbocycles. The average molecular weight is 488 g/mol. The molecule has 0 bridgehead atoms. The quantitative estimate of drug-likeness (QED) is 0.523. The minimum atomic E-state index is -3.81. The second-order valence-corrected chi connectivity index (χ2v) is 8.47. The van der Waals surface area contributed by atoms with Gasteiger partial charge in [-0.1, -0.05) is 0 Å². The van der Waals surface area contributed by atoms with Crippen LogP contribution in [0.4, 0.5) is 14.5 Å². The van der Waals surface area contributed by atoms with Crippen LogP contribution >= 0.6 is 11.6 Å². The molecule has 0 radical (unpaired) electrons. The molecule has 5 rings (SSSR count). The number of carbonyl (C=O) groups excluding carboxylic acids is 1. The van der Waals surface area contributed by atoms with E-state index >= 15 is 0 Å². The Bertz CT molecular complexity index is 1330. The maximum atomic E-state index is 13.1. The van der Waals surface area contributed by atoms with E-state index in [1.165, 1.54) is 24.3 Å². The lowest BCUT2D eigenvalue weighted by Gasteiger charge is -2.28. The first-order valence-corrected chi connectivity index (χ1v) is 10.9. The Morgan fingerprint density at radius 2 is 2.09 bits per heavy atom. The highest BCUT2D eigenvalue weighted by atomic mass is 35.5. The summed E-state index contributed by atoms with van der Waals surface area (Å²) in [5.41, 5.74) is 0.127. The summed E-state index contributed by atoms with van der Waals surface area (Å²) < 4.78 is 38.0. The molecule has 2 aliphatic rings. The fourth-order valence-electron chi connectivity index (χ4n) is 4.22. The number of hydrogen-bond acceptors (Lipinski definition) is 6. The number of benzene rings is 2.